The molecule has 0 saturated carbocycles. The van der Waals surface area contributed by atoms with E-state index in [2.05, 4.69) is 20.4 Å². The van der Waals surface area contributed by atoms with Crippen molar-refractivity contribution in [3.63, 3.8) is 0 Å². The molecule has 0 saturated heterocycles. The van der Waals surface area contributed by atoms with Crippen LogP contribution >= 0.6 is 0 Å². The Morgan fingerprint density at radius 2 is 1.96 bits per heavy atom. The molecule has 0 aliphatic rings. The highest BCUT2D eigenvalue weighted by molar-refractivity contribution is 5.71. The second-order valence-electron chi connectivity index (χ2n) is 4.64. The van der Waals surface area contributed by atoms with E-state index in [4.69, 9.17) is 19.7 Å². The van der Waals surface area contributed by atoms with E-state index in [9.17, 15) is 0 Å². The van der Waals surface area contributed by atoms with Gasteiger partial charge in [-0.1, -0.05) is 17.3 Å². The van der Waals surface area contributed by atoms with Gasteiger partial charge in [0.15, 0.2) is 23.1 Å². The monoisotopic (exact) mass is 313 g/mol. The molecule has 3 aromatic rings. The summed E-state index contributed by atoms with van der Waals surface area (Å²) in [5.74, 6) is 2.84. The molecule has 3 N–H and O–H groups in total. The number of nitrogen functional groups attached to an aromatic ring is 1. The van der Waals surface area contributed by atoms with Crippen molar-refractivity contribution in [2.45, 2.75) is 6.92 Å². The van der Waals surface area contributed by atoms with Gasteiger partial charge in [-0.3, -0.25) is 0 Å². The molecule has 0 unspecified atom stereocenters. The van der Waals surface area contributed by atoms with E-state index >= 15 is 0 Å². The highest BCUT2D eigenvalue weighted by Gasteiger charge is 2.13. The first kappa shape index (κ1) is 14.6. The van der Waals surface area contributed by atoms with Crippen LogP contribution in [0.4, 0.5) is 17.3 Å². The van der Waals surface area contributed by atoms with Gasteiger partial charge in [0.25, 0.3) is 0 Å². The highest BCUT2D eigenvalue weighted by Crippen LogP contribution is 2.35. The predicted octanol–water partition coefficient (Wildman–Crippen LogP) is 2.90. The van der Waals surface area contributed by atoms with Crippen molar-refractivity contribution in [3.8, 4) is 17.4 Å². The van der Waals surface area contributed by atoms with E-state index in [1.807, 2.05) is 12.1 Å². The minimum Gasteiger partial charge on any atom is -0.493 e. The lowest BCUT2D eigenvalue weighted by Gasteiger charge is -2.12. The number of nitrogens with zero attached hydrogens (tertiary/aromatic N) is 3. The quantitative estimate of drug-likeness (QED) is 0.740. The zero-order valence-corrected chi connectivity index (χ0v) is 12.6. The minimum absolute atomic E-state index is 0.215. The molecular formula is C15H15N5O3. The zero-order chi connectivity index (χ0) is 16.2. The normalized spacial score (nSPS) is 10.3. The Bertz CT molecular complexity index is 818. The van der Waals surface area contributed by atoms with Gasteiger partial charge in [0.2, 0.25) is 5.88 Å². The van der Waals surface area contributed by atoms with Crippen LogP contribution in [-0.2, 0) is 0 Å². The van der Waals surface area contributed by atoms with Crippen molar-refractivity contribution in [2.75, 3.05) is 18.2 Å². The van der Waals surface area contributed by atoms with Crippen molar-refractivity contribution in [1.29, 1.82) is 0 Å². The summed E-state index contributed by atoms with van der Waals surface area (Å²) in [6, 6.07) is 8.93. The average molecular weight is 313 g/mol. The molecule has 8 heteroatoms. The summed E-state index contributed by atoms with van der Waals surface area (Å²) in [5.41, 5.74) is 6.31. The van der Waals surface area contributed by atoms with E-state index in [0.717, 1.165) is 0 Å². The molecular weight excluding hydrogens is 298 g/mol. The summed E-state index contributed by atoms with van der Waals surface area (Å²) in [6.45, 7) is 1.79. The Labute approximate surface area is 132 Å². The Kier molecular flexibility index (Phi) is 3.96. The first-order valence-corrected chi connectivity index (χ1v) is 6.79. The predicted molar refractivity (Wildman–Crippen MR) is 84.0 cm³/mol. The van der Waals surface area contributed by atoms with Crippen molar-refractivity contribution >= 4 is 17.3 Å². The fourth-order valence-electron chi connectivity index (χ4n) is 1.91. The third-order valence-electron chi connectivity index (χ3n) is 3.00. The number of ether oxygens (including phenoxy) is 2. The molecule has 1 aromatic carbocycles. The van der Waals surface area contributed by atoms with Gasteiger partial charge in [-0.25, -0.2) is 4.98 Å². The second kappa shape index (κ2) is 6.22. The molecule has 118 valence electrons. The number of methoxy groups -OCH3 is 1. The maximum Gasteiger partial charge on any atom is 0.248 e. The van der Waals surface area contributed by atoms with Crippen LogP contribution in [-0.4, -0.2) is 22.2 Å². The molecule has 0 atom stereocenters. The molecule has 0 spiro atoms. The number of aromatic nitrogens is 3. The summed E-state index contributed by atoms with van der Waals surface area (Å²) in [7, 11) is 1.56. The van der Waals surface area contributed by atoms with E-state index in [0.29, 0.717) is 28.9 Å². The number of hydrogen-bond acceptors (Lipinski definition) is 8. The van der Waals surface area contributed by atoms with Crippen LogP contribution in [0.5, 0.6) is 17.4 Å². The van der Waals surface area contributed by atoms with Crippen LogP contribution in [0.15, 0.2) is 41.2 Å². The average Bonchev–Trinajstić information content (AvgIpc) is 2.97. The second-order valence-corrected chi connectivity index (χ2v) is 4.64. The molecule has 0 fully saturated rings. The standard InChI is InChI=1S/C15H15N5O3/c1-9-7-12(20-23-9)19-14-13(16)15(18-8-17-14)22-11-6-4-3-5-10(11)21-2/h3-8H,16H2,1-2H3,(H,17,18,19,20). The molecule has 3 rings (SSSR count). The van der Waals surface area contributed by atoms with Gasteiger partial charge in [-0.15, -0.1) is 0 Å². The number of rotatable bonds is 5. The largest absolute Gasteiger partial charge is 0.493 e. The highest BCUT2D eigenvalue weighted by atomic mass is 16.5. The number of anilines is 3. The zero-order valence-electron chi connectivity index (χ0n) is 12.6. The third-order valence-corrected chi connectivity index (χ3v) is 3.00. The lowest BCUT2D eigenvalue weighted by atomic mass is 10.3. The number of hydrogen-bond donors (Lipinski definition) is 2. The topological polar surface area (TPSA) is 108 Å². The van der Waals surface area contributed by atoms with E-state index in [-0.39, 0.29) is 11.6 Å². The molecule has 8 nitrogen and oxygen atoms in total. The minimum atomic E-state index is 0.215. The number of nitrogens with two attached hydrogens (primary N) is 1. The molecule has 0 aliphatic carbocycles. The third kappa shape index (κ3) is 3.15. The van der Waals surface area contributed by atoms with E-state index in [1.165, 1.54) is 6.33 Å². The number of nitrogens with one attached hydrogen (secondary N) is 1. The smallest absolute Gasteiger partial charge is 0.248 e. The Morgan fingerprint density at radius 1 is 1.17 bits per heavy atom. The molecule has 0 bridgehead atoms. The van der Waals surface area contributed by atoms with Crippen molar-refractivity contribution in [1.82, 2.24) is 15.1 Å². The maximum atomic E-state index is 6.07. The van der Waals surface area contributed by atoms with Crippen molar-refractivity contribution in [3.05, 3.63) is 42.4 Å². The molecule has 0 amide bonds. The van der Waals surface area contributed by atoms with Crippen LogP contribution in [0.25, 0.3) is 0 Å². The van der Waals surface area contributed by atoms with Crippen LogP contribution in [0.2, 0.25) is 0 Å². The summed E-state index contributed by atoms with van der Waals surface area (Å²) in [6.07, 6.45) is 1.34. The SMILES string of the molecule is COc1ccccc1Oc1ncnc(Nc2cc(C)on2)c1N. The van der Waals surface area contributed by atoms with E-state index < -0.39 is 0 Å². The fourth-order valence-corrected chi connectivity index (χ4v) is 1.91. The fraction of sp³-hybridized carbons (Fsp3) is 0.133. The lowest BCUT2D eigenvalue weighted by Crippen LogP contribution is -2.03. The Hall–Kier alpha value is -3.29. The molecule has 2 aromatic heterocycles. The molecule has 0 aliphatic heterocycles. The molecule has 2 heterocycles. The molecule has 0 radical (unpaired) electrons. The van der Waals surface area contributed by atoms with E-state index in [1.54, 1.807) is 32.2 Å². The lowest BCUT2D eigenvalue weighted by molar-refractivity contribution is 0.374. The number of benzene rings is 1. The summed E-state index contributed by atoms with van der Waals surface area (Å²) in [5, 5.41) is 6.79. The Balaban J connectivity index is 1.87. The van der Waals surface area contributed by atoms with Gasteiger partial charge in [-0.05, 0) is 19.1 Å². The number of para-hydroxylation sites is 2. The van der Waals surface area contributed by atoms with Gasteiger partial charge in [0.1, 0.15) is 17.8 Å². The summed E-state index contributed by atoms with van der Waals surface area (Å²) < 4.78 is 16.0. The van der Waals surface area contributed by atoms with Crippen molar-refractivity contribution in [2.24, 2.45) is 0 Å². The summed E-state index contributed by atoms with van der Waals surface area (Å²) in [4.78, 5) is 8.15. The van der Waals surface area contributed by atoms with Gasteiger partial charge in [0.05, 0.1) is 7.11 Å². The van der Waals surface area contributed by atoms with Crippen LogP contribution in [0.1, 0.15) is 5.76 Å². The summed E-state index contributed by atoms with van der Waals surface area (Å²) >= 11 is 0. The van der Waals surface area contributed by atoms with Gasteiger partial charge < -0.3 is 25.0 Å². The van der Waals surface area contributed by atoms with Crippen LogP contribution in [0, 0.1) is 6.92 Å². The van der Waals surface area contributed by atoms with Crippen LogP contribution in [0.3, 0.4) is 0 Å². The first-order valence-electron chi connectivity index (χ1n) is 6.79. The maximum absolute atomic E-state index is 6.07. The molecule has 23 heavy (non-hydrogen) atoms. The Morgan fingerprint density at radius 3 is 2.65 bits per heavy atom. The van der Waals surface area contributed by atoms with Gasteiger partial charge in [-0.2, -0.15) is 4.98 Å². The first-order chi connectivity index (χ1) is 11.2. The van der Waals surface area contributed by atoms with Gasteiger partial charge >= 0.3 is 0 Å². The van der Waals surface area contributed by atoms with Gasteiger partial charge in [0, 0.05) is 6.07 Å². The number of aryl methyl sites for hydroxylation is 1. The van der Waals surface area contributed by atoms with Crippen molar-refractivity contribution < 1.29 is 14.0 Å². The van der Waals surface area contributed by atoms with Crippen LogP contribution < -0.4 is 20.5 Å².